The molecule has 0 N–H and O–H groups in total. The maximum absolute atomic E-state index is 14.3. The lowest BCUT2D eigenvalue weighted by atomic mass is 9.97. The standard InChI is InChI=1S/C24H22F2N4O2/c1-14-6-5-7-22(30-24(31)29(4)27-28-30)20(14)13-32-23-11-15(2)19(10-16(23)3)18-9-8-17(25)12-21(18)26/h5-12H,13H2,1-4H3. The predicted octanol–water partition coefficient (Wildman–Crippen LogP) is 4.42. The van der Waals surface area contributed by atoms with Crippen LogP contribution in [0, 0.1) is 32.4 Å². The minimum atomic E-state index is -0.614. The van der Waals surface area contributed by atoms with Crippen LogP contribution < -0.4 is 10.4 Å². The summed E-state index contributed by atoms with van der Waals surface area (Å²) in [4.78, 5) is 12.3. The maximum Gasteiger partial charge on any atom is 0.368 e. The Balaban J connectivity index is 1.66. The van der Waals surface area contributed by atoms with E-state index < -0.39 is 11.6 Å². The molecule has 4 rings (SSSR count). The van der Waals surface area contributed by atoms with E-state index in [-0.39, 0.29) is 12.3 Å². The summed E-state index contributed by atoms with van der Waals surface area (Å²) in [5.41, 5.74) is 4.61. The molecule has 4 aromatic rings. The molecule has 0 amide bonds. The van der Waals surface area contributed by atoms with Crippen molar-refractivity contribution < 1.29 is 13.5 Å². The van der Waals surface area contributed by atoms with Crippen LogP contribution in [0.2, 0.25) is 0 Å². The van der Waals surface area contributed by atoms with Crippen LogP contribution in [0.1, 0.15) is 22.3 Å². The van der Waals surface area contributed by atoms with Gasteiger partial charge in [0.1, 0.15) is 24.0 Å². The van der Waals surface area contributed by atoms with Crippen molar-refractivity contribution >= 4 is 0 Å². The first-order chi connectivity index (χ1) is 15.3. The molecular formula is C24H22F2N4O2. The topological polar surface area (TPSA) is 61.9 Å². The van der Waals surface area contributed by atoms with Crippen molar-refractivity contribution in [3.05, 3.63) is 92.9 Å². The molecule has 1 heterocycles. The molecule has 0 aliphatic carbocycles. The zero-order valence-corrected chi connectivity index (χ0v) is 18.2. The van der Waals surface area contributed by atoms with Crippen molar-refractivity contribution in [1.82, 2.24) is 19.8 Å². The monoisotopic (exact) mass is 436 g/mol. The minimum Gasteiger partial charge on any atom is -0.489 e. The summed E-state index contributed by atoms with van der Waals surface area (Å²) in [6.45, 7) is 5.85. The number of aromatic nitrogens is 4. The number of tetrazole rings is 1. The Morgan fingerprint density at radius 2 is 1.69 bits per heavy atom. The quantitative estimate of drug-likeness (QED) is 0.465. The Labute approximate surface area is 183 Å². The number of hydrogen-bond acceptors (Lipinski definition) is 4. The molecule has 0 spiro atoms. The fourth-order valence-corrected chi connectivity index (χ4v) is 3.63. The smallest absolute Gasteiger partial charge is 0.368 e. The van der Waals surface area contributed by atoms with Gasteiger partial charge in [-0.05, 0) is 83.8 Å². The van der Waals surface area contributed by atoms with Crippen molar-refractivity contribution in [2.24, 2.45) is 7.05 Å². The van der Waals surface area contributed by atoms with Gasteiger partial charge < -0.3 is 4.74 Å². The molecule has 0 saturated carbocycles. The maximum atomic E-state index is 14.3. The van der Waals surface area contributed by atoms with Gasteiger partial charge in [0.25, 0.3) is 0 Å². The molecule has 0 unspecified atom stereocenters. The molecule has 0 saturated heterocycles. The average molecular weight is 436 g/mol. The molecule has 0 aliphatic rings. The predicted molar refractivity (Wildman–Crippen MR) is 117 cm³/mol. The molecular weight excluding hydrogens is 414 g/mol. The number of benzene rings is 3. The van der Waals surface area contributed by atoms with Crippen LogP contribution >= 0.6 is 0 Å². The van der Waals surface area contributed by atoms with E-state index in [1.54, 1.807) is 6.07 Å². The van der Waals surface area contributed by atoms with Crippen molar-refractivity contribution in [3.63, 3.8) is 0 Å². The molecule has 0 fully saturated rings. The van der Waals surface area contributed by atoms with Crippen molar-refractivity contribution in [2.45, 2.75) is 27.4 Å². The van der Waals surface area contributed by atoms with Crippen LogP contribution in [0.15, 0.2) is 53.3 Å². The highest BCUT2D eigenvalue weighted by Crippen LogP contribution is 2.32. The first-order valence-electron chi connectivity index (χ1n) is 10.0. The Morgan fingerprint density at radius 1 is 0.906 bits per heavy atom. The van der Waals surface area contributed by atoms with E-state index >= 15 is 0 Å². The summed E-state index contributed by atoms with van der Waals surface area (Å²) in [5.74, 6) is -0.591. The number of hydrogen-bond donors (Lipinski definition) is 0. The number of ether oxygens (including phenoxy) is 1. The molecule has 0 aliphatic heterocycles. The lowest BCUT2D eigenvalue weighted by Crippen LogP contribution is -2.23. The second kappa shape index (κ2) is 8.37. The van der Waals surface area contributed by atoms with E-state index in [1.165, 1.54) is 23.9 Å². The summed E-state index contributed by atoms with van der Waals surface area (Å²) >= 11 is 0. The fraction of sp³-hybridized carbons (Fsp3) is 0.208. The first-order valence-corrected chi connectivity index (χ1v) is 10.0. The highest BCUT2D eigenvalue weighted by molar-refractivity contribution is 5.70. The molecule has 6 nitrogen and oxygen atoms in total. The minimum absolute atomic E-state index is 0.204. The van der Waals surface area contributed by atoms with E-state index in [4.69, 9.17) is 4.74 Å². The molecule has 0 atom stereocenters. The van der Waals surface area contributed by atoms with Gasteiger partial charge in [0.15, 0.2) is 0 Å². The molecule has 8 heteroatoms. The van der Waals surface area contributed by atoms with Gasteiger partial charge in [0.05, 0.1) is 5.69 Å². The summed E-state index contributed by atoms with van der Waals surface area (Å²) in [7, 11) is 1.54. The van der Waals surface area contributed by atoms with Gasteiger partial charge in [0.2, 0.25) is 0 Å². The molecule has 164 valence electrons. The van der Waals surface area contributed by atoms with E-state index in [9.17, 15) is 13.6 Å². The molecule has 0 radical (unpaired) electrons. The highest BCUT2D eigenvalue weighted by atomic mass is 19.1. The Morgan fingerprint density at radius 3 is 2.38 bits per heavy atom. The average Bonchev–Trinajstić information content (AvgIpc) is 3.07. The lowest BCUT2D eigenvalue weighted by molar-refractivity contribution is 0.302. The zero-order chi connectivity index (χ0) is 23.0. The highest BCUT2D eigenvalue weighted by Gasteiger charge is 2.16. The van der Waals surface area contributed by atoms with Crippen LogP contribution in [0.5, 0.6) is 5.75 Å². The normalized spacial score (nSPS) is 11.1. The van der Waals surface area contributed by atoms with E-state index in [0.717, 1.165) is 33.0 Å². The van der Waals surface area contributed by atoms with Crippen LogP contribution in [-0.2, 0) is 13.7 Å². The second-order valence-electron chi connectivity index (χ2n) is 7.71. The van der Waals surface area contributed by atoms with Gasteiger partial charge in [-0.1, -0.05) is 12.1 Å². The Kier molecular flexibility index (Phi) is 5.61. The third kappa shape index (κ3) is 3.91. The fourth-order valence-electron chi connectivity index (χ4n) is 3.63. The van der Waals surface area contributed by atoms with Gasteiger partial charge in [-0.15, -0.1) is 0 Å². The largest absolute Gasteiger partial charge is 0.489 e. The van der Waals surface area contributed by atoms with E-state index in [0.29, 0.717) is 22.6 Å². The van der Waals surface area contributed by atoms with Gasteiger partial charge in [0, 0.05) is 24.2 Å². The molecule has 3 aromatic carbocycles. The third-order valence-corrected chi connectivity index (χ3v) is 5.45. The summed E-state index contributed by atoms with van der Waals surface area (Å²) in [6.07, 6.45) is 0. The van der Waals surface area contributed by atoms with Gasteiger partial charge in [-0.25, -0.2) is 13.6 Å². The Bertz CT molecular complexity index is 1380. The van der Waals surface area contributed by atoms with Crippen LogP contribution in [0.3, 0.4) is 0 Å². The van der Waals surface area contributed by atoms with Crippen molar-refractivity contribution in [2.75, 3.05) is 0 Å². The number of halogens is 2. The van der Waals surface area contributed by atoms with Gasteiger partial charge in [-0.3, -0.25) is 0 Å². The van der Waals surface area contributed by atoms with Crippen LogP contribution in [0.4, 0.5) is 8.78 Å². The lowest BCUT2D eigenvalue weighted by Gasteiger charge is -2.16. The van der Waals surface area contributed by atoms with E-state index in [1.807, 2.05) is 45.0 Å². The summed E-state index contributed by atoms with van der Waals surface area (Å²) < 4.78 is 36.1. The Hall–Kier alpha value is -3.81. The number of aryl methyl sites for hydroxylation is 4. The van der Waals surface area contributed by atoms with Crippen LogP contribution in [0.25, 0.3) is 16.8 Å². The van der Waals surface area contributed by atoms with E-state index in [2.05, 4.69) is 10.4 Å². The summed E-state index contributed by atoms with van der Waals surface area (Å²) in [5, 5.41) is 7.71. The number of nitrogens with zero attached hydrogens (tertiary/aromatic N) is 4. The second-order valence-corrected chi connectivity index (χ2v) is 7.71. The first kappa shape index (κ1) is 21.4. The molecule has 32 heavy (non-hydrogen) atoms. The zero-order valence-electron chi connectivity index (χ0n) is 18.2. The van der Waals surface area contributed by atoms with Gasteiger partial charge in [-0.2, -0.15) is 9.36 Å². The van der Waals surface area contributed by atoms with Crippen molar-refractivity contribution in [1.29, 1.82) is 0 Å². The van der Waals surface area contributed by atoms with Crippen LogP contribution in [-0.4, -0.2) is 19.8 Å². The van der Waals surface area contributed by atoms with Gasteiger partial charge >= 0.3 is 5.69 Å². The molecule has 1 aromatic heterocycles. The molecule has 0 bridgehead atoms. The third-order valence-electron chi connectivity index (χ3n) is 5.45. The van der Waals surface area contributed by atoms with Crippen molar-refractivity contribution in [3.8, 4) is 22.6 Å². The number of rotatable bonds is 5. The SMILES string of the molecule is Cc1cc(-c2ccc(F)cc2F)c(C)cc1OCc1c(C)cccc1-n1nnn(C)c1=O. The summed E-state index contributed by atoms with van der Waals surface area (Å²) in [6, 6.07) is 12.8.